The number of ether oxygens (including phenoxy) is 2. The van der Waals surface area contributed by atoms with Crippen LogP contribution in [0.3, 0.4) is 0 Å². The van der Waals surface area contributed by atoms with Gasteiger partial charge in [0, 0.05) is 24.4 Å². The van der Waals surface area contributed by atoms with Gasteiger partial charge in [-0.3, -0.25) is 4.79 Å². The second kappa shape index (κ2) is 7.96. The minimum absolute atomic E-state index is 0.00911. The molecule has 9 heteroatoms. The van der Waals surface area contributed by atoms with Crippen molar-refractivity contribution in [2.75, 3.05) is 43.6 Å². The second-order valence-electron chi connectivity index (χ2n) is 5.17. The summed E-state index contributed by atoms with van der Waals surface area (Å²) in [4.78, 5) is 12.2. The quantitative estimate of drug-likeness (QED) is 0.773. The molecule has 1 atom stereocenters. The molecule has 0 radical (unpaired) electrons. The normalized spacial score (nSPS) is 18.4. The Kier molecular flexibility index (Phi) is 6.23. The number of hydrogen-bond acceptors (Lipinski definition) is 6. The highest BCUT2D eigenvalue weighted by Gasteiger charge is 2.22. The Bertz CT molecular complexity index is 659. The van der Waals surface area contributed by atoms with E-state index in [2.05, 4.69) is 10.6 Å². The molecule has 2 N–H and O–H groups in total. The Balaban J connectivity index is 2.04. The lowest BCUT2D eigenvalue weighted by atomic mass is 10.2. The first-order valence-corrected chi connectivity index (χ1v) is 9.52. The van der Waals surface area contributed by atoms with Gasteiger partial charge in [0.15, 0.2) is 9.84 Å². The highest BCUT2D eigenvalue weighted by atomic mass is 35.5. The van der Waals surface area contributed by atoms with E-state index < -0.39 is 15.9 Å². The number of sulfone groups is 1. The molecule has 1 amide bonds. The summed E-state index contributed by atoms with van der Waals surface area (Å²) in [6.45, 7) is 1.59. The highest BCUT2D eigenvalue weighted by Crippen LogP contribution is 2.28. The number of benzene rings is 1. The van der Waals surface area contributed by atoms with Gasteiger partial charge in [-0.05, 0) is 18.2 Å². The van der Waals surface area contributed by atoms with Gasteiger partial charge >= 0.3 is 0 Å². The Hall–Kier alpha value is -1.35. The van der Waals surface area contributed by atoms with E-state index >= 15 is 0 Å². The minimum atomic E-state index is -3.12. The van der Waals surface area contributed by atoms with Crippen molar-refractivity contribution in [3.05, 3.63) is 23.2 Å². The fourth-order valence-electron chi connectivity index (χ4n) is 1.98. The van der Waals surface area contributed by atoms with Gasteiger partial charge in [-0.15, -0.1) is 0 Å². The fourth-order valence-corrected chi connectivity index (χ4v) is 2.53. The Morgan fingerprint density at radius 3 is 2.96 bits per heavy atom. The lowest BCUT2D eigenvalue weighted by Crippen LogP contribution is -2.45. The molecule has 0 bridgehead atoms. The number of halogens is 1. The van der Waals surface area contributed by atoms with E-state index in [1.165, 1.54) is 0 Å². The summed E-state index contributed by atoms with van der Waals surface area (Å²) in [5, 5.41) is 6.20. The van der Waals surface area contributed by atoms with Gasteiger partial charge in [-0.25, -0.2) is 8.42 Å². The van der Waals surface area contributed by atoms with Crippen molar-refractivity contribution in [3.63, 3.8) is 0 Å². The molecule has 0 aromatic heterocycles. The van der Waals surface area contributed by atoms with Gasteiger partial charge in [0.2, 0.25) is 0 Å². The van der Waals surface area contributed by atoms with Crippen molar-refractivity contribution < 1.29 is 22.7 Å². The molecule has 1 heterocycles. The predicted molar refractivity (Wildman–Crippen MR) is 87.9 cm³/mol. The van der Waals surface area contributed by atoms with Crippen LogP contribution < -0.4 is 15.4 Å². The summed E-state index contributed by atoms with van der Waals surface area (Å²) in [6, 6.07) is 4.73. The number of carbonyl (C=O) groups excluding carboxylic acids is 1. The molecule has 1 fully saturated rings. The molecule has 1 aliphatic rings. The van der Waals surface area contributed by atoms with Gasteiger partial charge in [-0.2, -0.15) is 0 Å². The van der Waals surface area contributed by atoms with E-state index in [1.807, 2.05) is 0 Å². The second-order valence-corrected chi connectivity index (χ2v) is 7.87. The molecule has 1 aromatic carbocycles. The maximum Gasteiger partial charge on any atom is 0.254 e. The maximum atomic E-state index is 12.2. The van der Waals surface area contributed by atoms with Gasteiger partial charge in [-0.1, -0.05) is 11.6 Å². The van der Waals surface area contributed by atoms with Crippen LogP contribution in [0.4, 0.5) is 5.69 Å². The van der Waals surface area contributed by atoms with E-state index in [0.717, 1.165) is 6.26 Å². The lowest BCUT2D eigenvalue weighted by Gasteiger charge is -2.23. The minimum Gasteiger partial charge on any atom is -0.490 e. The van der Waals surface area contributed by atoms with Crippen LogP contribution in [-0.4, -0.2) is 58.7 Å². The van der Waals surface area contributed by atoms with Crippen molar-refractivity contribution in [2.24, 2.45) is 0 Å². The van der Waals surface area contributed by atoms with Crippen LogP contribution in [0.5, 0.6) is 5.75 Å². The fraction of sp³-hybridized carbons (Fsp3) is 0.500. The number of nitrogens with one attached hydrogen (secondary N) is 2. The molecule has 128 valence electrons. The molecule has 1 aromatic rings. The van der Waals surface area contributed by atoms with Crippen LogP contribution in [0, 0.1) is 0 Å². The first kappa shape index (κ1) is 18.0. The zero-order valence-electron chi connectivity index (χ0n) is 12.7. The summed E-state index contributed by atoms with van der Waals surface area (Å²) in [5.41, 5.74) is 0.380. The van der Waals surface area contributed by atoms with Gasteiger partial charge in [0.05, 0.1) is 18.0 Å². The van der Waals surface area contributed by atoms with Crippen molar-refractivity contribution in [1.29, 1.82) is 0 Å². The van der Waals surface area contributed by atoms with Crippen LogP contribution in [0.1, 0.15) is 0 Å². The SMILES string of the molecule is CS(=O)(=O)CCOc1ccc(Cl)cc1NC(=O)C1CNCCO1. The third-order valence-corrected chi connectivity index (χ3v) is 4.27. The number of amides is 1. The molecule has 1 unspecified atom stereocenters. The van der Waals surface area contributed by atoms with E-state index in [9.17, 15) is 13.2 Å². The molecular weight excluding hydrogens is 344 g/mol. The number of rotatable bonds is 6. The highest BCUT2D eigenvalue weighted by molar-refractivity contribution is 7.90. The third-order valence-electron chi connectivity index (χ3n) is 3.13. The van der Waals surface area contributed by atoms with Crippen LogP contribution in [0.25, 0.3) is 0 Å². The molecule has 0 saturated carbocycles. The summed E-state index contributed by atoms with van der Waals surface area (Å²) < 4.78 is 33.1. The Morgan fingerprint density at radius 1 is 1.52 bits per heavy atom. The molecule has 2 rings (SSSR count). The Labute approximate surface area is 140 Å². The zero-order chi connectivity index (χ0) is 16.9. The van der Waals surface area contributed by atoms with Gasteiger partial charge in [0.1, 0.15) is 18.5 Å². The summed E-state index contributed by atoms with van der Waals surface area (Å²) >= 11 is 5.95. The predicted octanol–water partition coefficient (Wildman–Crippen LogP) is 0.690. The third kappa shape index (κ3) is 5.98. The molecule has 23 heavy (non-hydrogen) atoms. The average molecular weight is 363 g/mol. The number of carbonyl (C=O) groups is 1. The molecule has 0 spiro atoms. The molecule has 1 aliphatic heterocycles. The van der Waals surface area contributed by atoms with Gasteiger partial charge < -0.3 is 20.1 Å². The van der Waals surface area contributed by atoms with Crippen LogP contribution in [0.2, 0.25) is 5.02 Å². The van der Waals surface area contributed by atoms with Crippen LogP contribution in [0.15, 0.2) is 18.2 Å². The largest absolute Gasteiger partial charge is 0.490 e. The van der Waals surface area contributed by atoms with Crippen LogP contribution >= 0.6 is 11.6 Å². The molecule has 0 aliphatic carbocycles. The molecular formula is C14H19ClN2O5S. The number of hydrogen-bond donors (Lipinski definition) is 2. The van der Waals surface area contributed by atoms with E-state index in [1.54, 1.807) is 18.2 Å². The summed E-state index contributed by atoms with van der Waals surface area (Å²) in [6.07, 6.45) is 0.542. The topological polar surface area (TPSA) is 93.7 Å². The molecule has 1 saturated heterocycles. The lowest BCUT2D eigenvalue weighted by molar-refractivity contribution is -0.128. The standard InChI is InChI=1S/C14H19ClN2O5S/c1-23(19,20)7-6-22-12-3-2-10(15)8-11(12)17-14(18)13-9-16-4-5-21-13/h2-3,8,13,16H,4-7,9H2,1H3,(H,17,18). The zero-order valence-corrected chi connectivity index (χ0v) is 14.2. The van der Waals surface area contributed by atoms with Crippen molar-refractivity contribution in [3.8, 4) is 5.75 Å². The van der Waals surface area contributed by atoms with E-state index in [-0.39, 0.29) is 18.3 Å². The average Bonchev–Trinajstić information content (AvgIpc) is 2.49. The smallest absolute Gasteiger partial charge is 0.254 e. The summed E-state index contributed by atoms with van der Waals surface area (Å²) in [5.74, 6) is -0.0684. The molecule has 7 nitrogen and oxygen atoms in total. The first-order chi connectivity index (χ1) is 10.8. The monoisotopic (exact) mass is 362 g/mol. The van der Waals surface area contributed by atoms with Gasteiger partial charge in [0.25, 0.3) is 5.91 Å². The van der Waals surface area contributed by atoms with E-state index in [0.29, 0.717) is 36.2 Å². The van der Waals surface area contributed by atoms with E-state index in [4.69, 9.17) is 21.1 Å². The first-order valence-electron chi connectivity index (χ1n) is 7.08. The summed E-state index contributed by atoms with van der Waals surface area (Å²) in [7, 11) is -3.12. The Morgan fingerprint density at radius 2 is 2.30 bits per heavy atom. The van der Waals surface area contributed by atoms with Crippen molar-refractivity contribution in [2.45, 2.75) is 6.10 Å². The number of anilines is 1. The maximum absolute atomic E-state index is 12.2. The van der Waals surface area contributed by atoms with Crippen molar-refractivity contribution >= 4 is 33.0 Å². The van der Waals surface area contributed by atoms with Crippen molar-refractivity contribution in [1.82, 2.24) is 5.32 Å². The number of morpholine rings is 1. The van der Waals surface area contributed by atoms with Crippen LogP contribution in [-0.2, 0) is 19.4 Å².